The van der Waals surface area contributed by atoms with Gasteiger partial charge in [0.1, 0.15) is 13.2 Å². The first-order valence-electron chi connectivity index (χ1n) is 29.0. The number of hydrogen-bond acceptors (Lipinski definition) is 6. The molecule has 0 aromatic heterocycles. The third-order valence-electron chi connectivity index (χ3n) is 12.9. The predicted octanol–water partition coefficient (Wildman–Crippen LogP) is 19.3. The van der Waals surface area contributed by atoms with Gasteiger partial charge in [-0.25, -0.2) is 0 Å². The van der Waals surface area contributed by atoms with Gasteiger partial charge in [-0.15, -0.1) is 0 Å². The zero-order chi connectivity index (χ0) is 47.9. The van der Waals surface area contributed by atoms with Gasteiger partial charge < -0.3 is 14.2 Å². The van der Waals surface area contributed by atoms with Gasteiger partial charge in [0.15, 0.2) is 6.10 Å². The number of esters is 3. The van der Waals surface area contributed by atoms with E-state index in [9.17, 15) is 14.4 Å². The summed E-state index contributed by atoms with van der Waals surface area (Å²) in [7, 11) is 0. The maximum absolute atomic E-state index is 12.8. The Hall–Kier alpha value is -2.37. The van der Waals surface area contributed by atoms with Crippen LogP contribution in [0.2, 0.25) is 0 Å². The Morgan fingerprint density at radius 3 is 0.894 bits per heavy atom. The summed E-state index contributed by atoms with van der Waals surface area (Å²) in [5.74, 6) is -0.873. The fourth-order valence-electron chi connectivity index (χ4n) is 8.46. The fourth-order valence-corrected chi connectivity index (χ4v) is 8.46. The first kappa shape index (κ1) is 63.6. The molecule has 0 N–H and O–H groups in total. The van der Waals surface area contributed by atoms with E-state index in [2.05, 4.69) is 57.2 Å². The molecule has 0 aliphatic rings. The van der Waals surface area contributed by atoms with Gasteiger partial charge in [0.25, 0.3) is 0 Å². The summed E-state index contributed by atoms with van der Waals surface area (Å²) >= 11 is 0. The van der Waals surface area contributed by atoms with E-state index in [1.807, 2.05) is 0 Å². The van der Waals surface area contributed by atoms with Crippen molar-refractivity contribution < 1.29 is 28.6 Å². The molecule has 0 spiro atoms. The lowest BCUT2D eigenvalue weighted by Gasteiger charge is -2.18. The predicted molar refractivity (Wildman–Crippen MR) is 284 cm³/mol. The Morgan fingerprint density at radius 1 is 0.303 bits per heavy atom. The van der Waals surface area contributed by atoms with Crippen LogP contribution in [0.4, 0.5) is 0 Å². The zero-order valence-corrected chi connectivity index (χ0v) is 44.2. The molecule has 6 heteroatoms. The highest BCUT2D eigenvalue weighted by molar-refractivity contribution is 5.71. The number of carbonyl (C=O) groups excluding carboxylic acids is 3. The highest BCUT2D eigenvalue weighted by Crippen LogP contribution is 2.16. The second-order valence-electron chi connectivity index (χ2n) is 19.6. The molecule has 0 saturated heterocycles. The van der Waals surface area contributed by atoms with Gasteiger partial charge in [-0.3, -0.25) is 14.4 Å². The fraction of sp³-hybridized carbons (Fsp3) is 0.850. The molecule has 0 unspecified atom stereocenters. The van der Waals surface area contributed by atoms with Crippen molar-refractivity contribution in [3.8, 4) is 0 Å². The van der Waals surface area contributed by atoms with Crippen molar-refractivity contribution in [2.45, 2.75) is 316 Å². The molecule has 0 amide bonds. The van der Waals surface area contributed by atoms with Crippen LogP contribution in [0.5, 0.6) is 0 Å². The van der Waals surface area contributed by atoms with E-state index in [1.165, 1.54) is 193 Å². The van der Waals surface area contributed by atoms with Crippen LogP contribution in [0.1, 0.15) is 310 Å². The van der Waals surface area contributed by atoms with Gasteiger partial charge in [-0.1, -0.05) is 256 Å². The van der Waals surface area contributed by atoms with Crippen LogP contribution in [0, 0.1) is 0 Å². The maximum atomic E-state index is 12.8. The lowest BCUT2D eigenvalue weighted by atomic mass is 10.0. The highest BCUT2D eigenvalue weighted by atomic mass is 16.6. The molecule has 0 aliphatic heterocycles. The monoisotopic (exact) mass is 927 g/mol. The Bertz CT molecular complexity index is 1110. The van der Waals surface area contributed by atoms with Gasteiger partial charge in [0.05, 0.1) is 0 Å². The molecule has 0 aromatic carbocycles. The molecule has 0 aliphatic carbocycles. The third-order valence-corrected chi connectivity index (χ3v) is 12.9. The molecular formula is C60H110O6. The smallest absolute Gasteiger partial charge is 0.306 e. The second kappa shape index (κ2) is 55.2. The Kier molecular flexibility index (Phi) is 53.2. The van der Waals surface area contributed by atoms with Crippen molar-refractivity contribution in [2.75, 3.05) is 13.2 Å². The normalized spacial score (nSPS) is 12.2. The van der Waals surface area contributed by atoms with Gasteiger partial charge in [0.2, 0.25) is 0 Å². The number of unbranched alkanes of at least 4 members (excludes halogenated alkanes) is 36. The standard InChI is InChI=1S/C60H110O6/c1-4-7-10-13-16-19-22-25-28-29-30-31-33-35-38-41-44-47-50-53-59(62)65-56-57(55-64-58(61)52-49-46-43-40-37-34-27-24-21-18-15-12-9-6-3)66-60(63)54-51-48-45-42-39-36-32-26-23-20-17-14-11-8-5-2/h15,18,24-25,27-28,57H,4-14,16-17,19-23,26,29-56H2,1-3H3/b18-15-,27-24-,28-25-/t57-/m1/s1. The summed E-state index contributed by atoms with van der Waals surface area (Å²) in [4.78, 5) is 38.1. The number of carbonyl (C=O) groups is 3. The van der Waals surface area contributed by atoms with Gasteiger partial charge in [0, 0.05) is 19.3 Å². The van der Waals surface area contributed by atoms with Gasteiger partial charge >= 0.3 is 17.9 Å². The minimum Gasteiger partial charge on any atom is -0.462 e. The molecule has 0 radical (unpaired) electrons. The zero-order valence-electron chi connectivity index (χ0n) is 44.2. The molecule has 0 rings (SSSR count). The van der Waals surface area contributed by atoms with Crippen LogP contribution < -0.4 is 0 Å². The number of allylic oxidation sites excluding steroid dienone is 6. The third kappa shape index (κ3) is 52.6. The first-order chi connectivity index (χ1) is 32.5. The van der Waals surface area contributed by atoms with E-state index >= 15 is 0 Å². The van der Waals surface area contributed by atoms with Crippen LogP contribution >= 0.6 is 0 Å². The van der Waals surface area contributed by atoms with E-state index in [4.69, 9.17) is 14.2 Å². The summed E-state index contributed by atoms with van der Waals surface area (Å²) in [5, 5.41) is 0. The van der Waals surface area contributed by atoms with E-state index in [0.29, 0.717) is 19.3 Å². The van der Waals surface area contributed by atoms with Crippen molar-refractivity contribution in [1.82, 2.24) is 0 Å². The van der Waals surface area contributed by atoms with E-state index in [0.717, 1.165) is 77.0 Å². The Balaban J connectivity index is 4.33. The van der Waals surface area contributed by atoms with E-state index in [-0.39, 0.29) is 31.1 Å². The second-order valence-corrected chi connectivity index (χ2v) is 19.6. The molecule has 66 heavy (non-hydrogen) atoms. The van der Waals surface area contributed by atoms with Crippen molar-refractivity contribution in [2.24, 2.45) is 0 Å². The minimum absolute atomic E-state index is 0.0742. The number of ether oxygens (including phenoxy) is 3. The molecule has 6 nitrogen and oxygen atoms in total. The number of hydrogen-bond donors (Lipinski definition) is 0. The molecule has 1 atom stereocenters. The minimum atomic E-state index is -0.775. The summed E-state index contributed by atoms with van der Waals surface area (Å²) < 4.78 is 16.9. The molecular weight excluding hydrogens is 817 g/mol. The van der Waals surface area contributed by atoms with Crippen LogP contribution in [-0.4, -0.2) is 37.2 Å². The van der Waals surface area contributed by atoms with Crippen molar-refractivity contribution in [3.05, 3.63) is 36.5 Å². The SMILES string of the molecule is CCCC/C=C\C/C=C\CCCCCCCC(=O)OC[C@H](COC(=O)CCCCCCCCCCC/C=C\CCCCCCCC)OC(=O)CCCCCCCCCCCCCCCCC. The molecule has 0 saturated carbocycles. The lowest BCUT2D eigenvalue weighted by molar-refractivity contribution is -0.167. The summed E-state index contributed by atoms with van der Waals surface area (Å²) in [6.45, 7) is 6.62. The van der Waals surface area contributed by atoms with Crippen LogP contribution in [0.25, 0.3) is 0 Å². The molecule has 386 valence electrons. The maximum Gasteiger partial charge on any atom is 0.306 e. The molecule has 0 bridgehead atoms. The highest BCUT2D eigenvalue weighted by Gasteiger charge is 2.19. The average molecular weight is 928 g/mol. The summed E-state index contributed by atoms with van der Waals surface area (Å²) in [5.41, 5.74) is 0. The van der Waals surface area contributed by atoms with E-state index < -0.39 is 6.10 Å². The Labute approximate surface area is 410 Å². The average Bonchev–Trinajstić information content (AvgIpc) is 3.31. The lowest BCUT2D eigenvalue weighted by Crippen LogP contribution is -2.30. The van der Waals surface area contributed by atoms with Gasteiger partial charge in [-0.2, -0.15) is 0 Å². The quantitative estimate of drug-likeness (QED) is 0.0262. The molecule has 0 aromatic rings. The van der Waals surface area contributed by atoms with Crippen molar-refractivity contribution >= 4 is 17.9 Å². The molecule has 0 heterocycles. The number of rotatable bonds is 53. The van der Waals surface area contributed by atoms with Gasteiger partial charge in [-0.05, 0) is 70.6 Å². The molecule has 0 fully saturated rings. The Morgan fingerprint density at radius 2 is 0.561 bits per heavy atom. The first-order valence-corrected chi connectivity index (χ1v) is 29.0. The topological polar surface area (TPSA) is 78.9 Å². The summed E-state index contributed by atoms with van der Waals surface area (Å²) in [6.07, 6.45) is 65.6. The van der Waals surface area contributed by atoms with Crippen LogP contribution in [0.15, 0.2) is 36.5 Å². The van der Waals surface area contributed by atoms with Crippen LogP contribution in [-0.2, 0) is 28.6 Å². The van der Waals surface area contributed by atoms with Crippen molar-refractivity contribution in [1.29, 1.82) is 0 Å². The van der Waals surface area contributed by atoms with Crippen molar-refractivity contribution in [3.63, 3.8) is 0 Å². The summed E-state index contributed by atoms with van der Waals surface area (Å²) in [6, 6.07) is 0. The van der Waals surface area contributed by atoms with E-state index in [1.54, 1.807) is 0 Å². The largest absolute Gasteiger partial charge is 0.462 e. The van der Waals surface area contributed by atoms with Crippen LogP contribution in [0.3, 0.4) is 0 Å².